The van der Waals surface area contributed by atoms with Crippen LogP contribution >= 0.6 is 11.8 Å². The quantitative estimate of drug-likeness (QED) is 0.920. The van der Waals surface area contributed by atoms with Crippen molar-refractivity contribution in [3.05, 3.63) is 24.0 Å². The van der Waals surface area contributed by atoms with E-state index in [1.165, 1.54) is 18.5 Å². The fraction of sp³-hybridized carbons (Fsp3) is 0.600. The molecule has 1 aromatic rings. The Morgan fingerprint density at radius 1 is 1.48 bits per heavy atom. The summed E-state index contributed by atoms with van der Waals surface area (Å²) in [5, 5.41) is 9.53. The van der Waals surface area contributed by atoms with Crippen LogP contribution in [0.4, 0.5) is 0 Å². The van der Waals surface area contributed by atoms with E-state index in [1.807, 2.05) is 16.7 Å². The highest BCUT2D eigenvalue weighted by Crippen LogP contribution is 2.26. The van der Waals surface area contributed by atoms with Crippen LogP contribution in [0.2, 0.25) is 0 Å². The van der Waals surface area contributed by atoms with Gasteiger partial charge >= 0.3 is 0 Å². The number of pyridine rings is 1. The highest BCUT2D eigenvalue weighted by atomic mass is 32.2. The molecule has 0 aliphatic carbocycles. The molecule has 2 atom stereocenters. The number of carbonyl (C=O) groups is 1. The third-order valence-corrected chi connectivity index (χ3v) is 5.15. The summed E-state index contributed by atoms with van der Waals surface area (Å²) in [5.74, 6) is 2.04. The van der Waals surface area contributed by atoms with Crippen molar-refractivity contribution in [1.82, 2.24) is 9.88 Å². The molecule has 2 saturated heterocycles. The van der Waals surface area contributed by atoms with Gasteiger partial charge in [0, 0.05) is 31.1 Å². The number of hydrogen-bond donors (Lipinski definition) is 1. The molecule has 2 aliphatic rings. The third-order valence-electron chi connectivity index (χ3n) is 4.00. The van der Waals surface area contributed by atoms with Gasteiger partial charge in [-0.25, -0.2) is 0 Å². The summed E-state index contributed by atoms with van der Waals surface area (Å²) in [7, 11) is 0. The van der Waals surface area contributed by atoms with E-state index >= 15 is 0 Å². The van der Waals surface area contributed by atoms with Gasteiger partial charge in [-0.15, -0.1) is 0 Å². The molecule has 1 N–H and O–H groups in total. The van der Waals surface area contributed by atoms with Gasteiger partial charge in [0.15, 0.2) is 0 Å². The molecule has 21 heavy (non-hydrogen) atoms. The molecule has 2 unspecified atom stereocenters. The molecule has 0 bridgehead atoms. The number of ether oxygens (including phenoxy) is 1. The molecule has 0 spiro atoms. The lowest BCUT2D eigenvalue weighted by Crippen LogP contribution is -2.44. The van der Waals surface area contributed by atoms with Gasteiger partial charge in [-0.05, 0) is 31.1 Å². The first-order chi connectivity index (χ1) is 10.2. The zero-order valence-electron chi connectivity index (χ0n) is 11.9. The van der Waals surface area contributed by atoms with Crippen LogP contribution in [0.5, 0.6) is 5.75 Å². The zero-order valence-corrected chi connectivity index (χ0v) is 12.7. The molecule has 114 valence electrons. The standard InChI is InChI=1S/C15H20N2O3S/c18-13-6-11(7-16-8-13)15(19)17(12-3-5-21-10-12)9-14-2-1-4-20-14/h6-8,12,14,18H,1-5,9-10H2. The summed E-state index contributed by atoms with van der Waals surface area (Å²) in [6.45, 7) is 1.43. The SMILES string of the molecule is O=C(c1cncc(O)c1)N(CC1CCCO1)C1CCSC1. The number of aromatic nitrogens is 1. The average Bonchev–Trinajstić information content (AvgIpc) is 3.17. The molecule has 5 nitrogen and oxygen atoms in total. The van der Waals surface area contributed by atoms with Gasteiger partial charge in [0.05, 0.1) is 17.9 Å². The number of rotatable bonds is 4. The topological polar surface area (TPSA) is 62.7 Å². The summed E-state index contributed by atoms with van der Waals surface area (Å²) >= 11 is 1.88. The van der Waals surface area contributed by atoms with Crippen molar-refractivity contribution in [3.63, 3.8) is 0 Å². The maximum absolute atomic E-state index is 12.8. The van der Waals surface area contributed by atoms with E-state index in [4.69, 9.17) is 4.74 Å². The molecular weight excluding hydrogens is 288 g/mol. The number of nitrogens with zero attached hydrogens (tertiary/aromatic N) is 2. The molecule has 6 heteroatoms. The van der Waals surface area contributed by atoms with Gasteiger partial charge in [0.25, 0.3) is 5.91 Å². The van der Waals surface area contributed by atoms with Crippen molar-refractivity contribution in [1.29, 1.82) is 0 Å². The van der Waals surface area contributed by atoms with Crippen LogP contribution in [0.1, 0.15) is 29.6 Å². The fourth-order valence-electron chi connectivity index (χ4n) is 2.88. The van der Waals surface area contributed by atoms with Gasteiger partial charge in [0.1, 0.15) is 5.75 Å². The first-order valence-electron chi connectivity index (χ1n) is 7.38. The Morgan fingerprint density at radius 3 is 3.05 bits per heavy atom. The Bertz CT molecular complexity index is 499. The summed E-state index contributed by atoms with van der Waals surface area (Å²) in [6, 6.07) is 1.74. The minimum Gasteiger partial charge on any atom is -0.506 e. The Balaban J connectivity index is 1.77. The van der Waals surface area contributed by atoms with Crippen molar-refractivity contribution in [2.45, 2.75) is 31.4 Å². The monoisotopic (exact) mass is 308 g/mol. The van der Waals surface area contributed by atoms with Crippen LogP contribution in [0.25, 0.3) is 0 Å². The minimum absolute atomic E-state index is 0.0266. The molecule has 3 rings (SSSR count). The molecule has 1 amide bonds. The lowest BCUT2D eigenvalue weighted by atomic mass is 10.1. The van der Waals surface area contributed by atoms with Crippen molar-refractivity contribution < 1.29 is 14.6 Å². The molecule has 2 aliphatic heterocycles. The first kappa shape index (κ1) is 14.7. The Labute approximate surface area is 128 Å². The highest BCUT2D eigenvalue weighted by Gasteiger charge is 2.31. The van der Waals surface area contributed by atoms with Crippen molar-refractivity contribution in [2.75, 3.05) is 24.7 Å². The van der Waals surface area contributed by atoms with E-state index < -0.39 is 0 Å². The van der Waals surface area contributed by atoms with Crippen LogP contribution < -0.4 is 0 Å². The lowest BCUT2D eigenvalue weighted by Gasteiger charge is -2.30. The Hall–Kier alpha value is -1.27. The number of amides is 1. The summed E-state index contributed by atoms with van der Waals surface area (Å²) in [4.78, 5) is 18.6. The second kappa shape index (κ2) is 6.66. The van der Waals surface area contributed by atoms with Gasteiger partial charge in [0.2, 0.25) is 0 Å². The van der Waals surface area contributed by atoms with Crippen LogP contribution in [-0.4, -0.2) is 57.7 Å². The fourth-order valence-corrected chi connectivity index (χ4v) is 4.11. The molecule has 3 heterocycles. The summed E-state index contributed by atoms with van der Waals surface area (Å²) < 4.78 is 5.69. The van der Waals surface area contributed by atoms with E-state index in [2.05, 4.69) is 4.98 Å². The smallest absolute Gasteiger partial charge is 0.255 e. The largest absolute Gasteiger partial charge is 0.506 e. The van der Waals surface area contributed by atoms with Crippen LogP contribution in [-0.2, 0) is 4.74 Å². The van der Waals surface area contributed by atoms with E-state index in [0.717, 1.165) is 37.4 Å². The maximum atomic E-state index is 12.8. The molecule has 0 radical (unpaired) electrons. The zero-order chi connectivity index (χ0) is 14.7. The number of thioether (sulfide) groups is 1. The Morgan fingerprint density at radius 2 is 2.38 bits per heavy atom. The lowest BCUT2D eigenvalue weighted by molar-refractivity contribution is 0.0441. The number of aromatic hydroxyl groups is 1. The average molecular weight is 308 g/mol. The Kier molecular flexibility index (Phi) is 4.65. The predicted octanol–water partition coefficient (Wildman–Crippen LogP) is 1.91. The van der Waals surface area contributed by atoms with Gasteiger partial charge in [-0.2, -0.15) is 11.8 Å². The molecular formula is C15H20N2O3S. The molecule has 2 fully saturated rings. The second-order valence-electron chi connectivity index (χ2n) is 5.54. The van der Waals surface area contributed by atoms with Gasteiger partial charge < -0.3 is 14.7 Å². The van der Waals surface area contributed by atoms with E-state index in [9.17, 15) is 9.90 Å². The third kappa shape index (κ3) is 3.49. The van der Waals surface area contributed by atoms with E-state index in [1.54, 1.807) is 0 Å². The normalized spacial score (nSPS) is 25.1. The summed E-state index contributed by atoms with van der Waals surface area (Å²) in [6.07, 6.45) is 6.11. The van der Waals surface area contributed by atoms with Gasteiger partial charge in [-0.3, -0.25) is 9.78 Å². The van der Waals surface area contributed by atoms with Crippen LogP contribution in [0.3, 0.4) is 0 Å². The van der Waals surface area contributed by atoms with E-state index in [-0.39, 0.29) is 23.8 Å². The van der Waals surface area contributed by atoms with Crippen molar-refractivity contribution in [3.8, 4) is 5.75 Å². The van der Waals surface area contributed by atoms with Gasteiger partial charge in [-0.1, -0.05) is 0 Å². The molecule has 1 aromatic heterocycles. The van der Waals surface area contributed by atoms with Crippen LogP contribution in [0, 0.1) is 0 Å². The second-order valence-corrected chi connectivity index (χ2v) is 6.69. The van der Waals surface area contributed by atoms with Crippen LogP contribution in [0.15, 0.2) is 18.5 Å². The number of carbonyl (C=O) groups excluding carboxylic acids is 1. The minimum atomic E-state index is -0.0543. The number of hydrogen-bond acceptors (Lipinski definition) is 5. The predicted molar refractivity (Wildman–Crippen MR) is 81.6 cm³/mol. The molecule has 0 aromatic carbocycles. The first-order valence-corrected chi connectivity index (χ1v) is 8.54. The maximum Gasteiger partial charge on any atom is 0.255 e. The molecule has 0 saturated carbocycles. The van der Waals surface area contributed by atoms with E-state index in [0.29, 0.717) is 12.1 Å². The summed E-state index contributed by atoms with van der Waals surface area (Å²) in [5.41, 5.74) is 0.449. The highest BCUT2D eigenvalue weighted by molar-refractivity contribution is 7.99. The van der Waals surface area contributed by atoms with Crippen molar-refractivity contribution in [2.24, 2.45) is 0 Å². The van der Waals surface area contributed by atoms with Crippen molar-refractivity contribution >= 4 is 17.7 Å².